The molecule has 0 saturated carbocycles. The molecule has 3 aliphatic heterocycles. The highest BCUT2D eigenvalue weighted by Gasteiger charge is 2.70. The molecule has 3 N–H and O–H groups in total. The van der Waals surface area contributed by atoms with Crippen molar-refractivity contribution in [2.45, 2.75) is 31.3 Å². The highest BCUT2D eigenvalue weighted by atomic mass is 16.4. The quantitative estimate of drug-likeness (QED) is 0.651. The molecule has 5 rings (SSSR count). The molecule has 0 bridgehead atoms. The summed E-state index contributed by atoms with van der Waals surface area (Å²) in [5.74, 6) is -4.03. The molecule has 3 amide bonds. The fourth-order valence-electron chi connectivity index (χ4n) is 5.31. The number of para-hydroxylation sites is 1. The van der Waals surface area contributed by atoms with E-state index in [9.17, 15) is 24.3 Å². The van der Waals surface area contributed by atoms with Gasteiger partial charge in [0.05, 0.1) is 17.5 Å². The molecule has 1 spiro atoms. The third-order valence-corrected chi connectivity index (χ3v) is 6.55. The molecule has 3 aliphatic rings. The van der Waals surface area contributed by atoms with Crippen LogP contribution in [0.3, 0.4) is 0 Å². The van der Waals surface area contributed by atoms with Gasteiger partial charge in [0.15, 0.2) is 0 Å². The van der Waals surface area contributed by atoms with E-state index in [1.165, 1.54) is 0 Å². The van der Waals surface area contributed by atoms with Gasteiger partial charge in [-0.05, 0) is 37.1 Å². The Morgan fingerprint density at radius 1 is 1.10 bits per heavy atom. The van der Waals surface area contributed by atoms with E-state index in [0.717, 1.165) is 10.5 Å². The second-order valence-corrected chi connectivity index (χ2v) is 8.35. The van der Waals surface area contributed by atoms with Crippen molar-refractivity contribution >= 4 is 35.1 Å². The maximum atomic E-state index is 13.7. The predicted octanol–water partition coefficient (Wildman–Crippen LogP) is 1.78. The largest absolute Gasteiger partial charge is 0.481 e. The van der Waals surface area contributed by atoms with Crippen LogP contribution in [0.2, 0.25) is 0 Å². The van der Waals surface area contributed by atoms with Gasteiger partial charge >= 0.3 is 5.97 Å². The van der Waals surface area contributed by atoms with Gasteiger partial charge in [0.1, 0.15) is 5.54 Å². The number of carbonyl (C=O) groups excluding carboxylic acids is 3. The monoisotopic (exact) mass is 419 g/mol. The van der Waals surface area contributed by atoms with Crippen LogP contribution in [0.1, 0.15) is 24.0 Å². The standard InChI is InChI=1S/C23H21N3O5/c1-12-5-4-6-13(11-12)26-20(29)18-16(9-10-17(27)28)25-23(19(18)21(26)30)14-7-2-3-8-15(14)24-22(23)31/h2-8,11,16,18-19,25H,9-10H2,1H3,(H,24,31)(H,27,28)/t16-,18+,19-,23-/m0/s1. The van der Waals surface area contributed by atoms with E-state index in [1.54, 1.807) is 42.5 Å². The highest BCUT2D eigenvalue weighted by Crippen LogP contribution is 2.54. The number of nitrogens with zero attached hydrogens (tertiary/aromatic N) is 1. The lowest BCUT2D eigenvalue weighted by Gasteiger charge is -2.29. The van der Waals surface area contributed by atoms with Gasteiger partial charge in [0, 0.05) is 23.7 Å². The summed E-state index contributed by atoms with van der Waals surface area (Å²) in [5.41, 5.74) is 1.15. The van der Waals surface area contributed by atoms with Gasteiger partial charge < -0.3 is 10.4 Å². The molecule has 0 radical (unpaired) electrons. The lowest BCUT2D eigenvalue weighted by molar-refractivity contribution is -0.137. The van der Waals surface area contributed by atoms with E-state index < -0.39 is 47.1 Å². The zero-order valence-corrected chi connectivity index (χ0v) is 16.8. The van der Waals surface area contributed by atoms with Crippen molar-refractivity contribution in [1.82, 2.24) is 5.32 Å². The number of hydrogen-bond acceptors (Lipinski definition) is 5. The summed E-state index contributed by atoms with van der Waals surface area (Å²) in [4.78, 5) is 52.8. The normalized spacial score (nSPS) is 28.7. The van der Waals surface area contributed by atoms with Crippen LogP contribution >= 0.6 is 0 Å². The topological polar surface area (TPSA) is 116 Å². The van der Waals surface area contributed by atoms with Crippen LogP contribution in [0.5, 0.6) is 0 Å². The number of fused-ring (bicyclic) bond motifs is 4. The lowest BCUT2D eigenvalue weighted by atomic mass is 9.76. The first-order chi connectivity index (χ1) is 14.8. The first-order valence-electron chi connectivity index (χ1n) is 10.2. The molecule has 2 aromatic rings. The van der Waals surface area contributed by atoms with Gasteiger partial charge in [-0.1, -0.05) is 30.3 Å². The summed E-state index contributed by atoms with van der Waals surface area (Å²) in [7, 11) is 0. The van der Waals surface area contributed by atoms with E-state index in [4.69, 9.17) is 0 Å². The van der Waals surface area contributed by atoms with Crippen molar-refractivity contribution in [3.63, 3.8) is 0 Å². The van der Waals surface area contributed by atoms with Crippen LogP contribution in [-0.2, 0) is 24.7 Å². The Morgan fingerprint density at radius 3 is 2.61 bits per heavy atom. The number of aliphatic carboxylic acids is 1. The molecule has 3 heterocycles. The fourth-order valence-corrected chi connectivity index (χ4v) is 5.31. The maximum Gasteiger partial charge on any atom is 0.303 e. The summed E-state index contributed by atoms with van der Waals surface area (Å²) < 4.78 is 0. The van der Waals surface area contributed by atoms with Crippen LogP contribution in [0.15, 0.2) is 48.5 Å². The number of rotatable bonds is 4. The molecule has 2 fully saturated rings. The Labute approximate surface area is 178 Å². The molecule has 0 unspecified atom stereocenters. The Hall–Kier alpha value is -3.52. The zero-order chi connectivity index (χ0) is 21.9. The van der Waals surface area contributed by atoms with Crippen molar-refractivity contribution in [2.75, 3.05) is 10.2 Å². The number of carboxylic acid groups (broad SMARTS) is 1. The molecule has 0 aromatic heterocycles. The third kappa shape index (κ3) is 2.64. The van der Waals surface area contributed by atoms with Gasteiger partial charge in [-0.25, -0.2) is 4.90 Å². The molecule has 8 heteroatoms. The van der Waals surface area contributed by atoms with Crippen molar-refractivity contribution in [3.8, 4) is 0 Å². The van der Waals surface area contributed by atoms with Gasteiger partial charge in [0.2, 0.25) is 17.7 Å². The summed E-state index contributed by atoms with van der Waals surface area (Å²) in [6, 6.07) is 13.6. The second kappa shape index (κ2) is 6.75. The maximum absolute atomic E-state index is 13.7. The molecule has 158 valence electrons. The first-order valence-corrected chi connectivity index (χ1v) is 10.2. The first kappa shape index (κ1) is 19.4. The molecule has 2 aromatic carbocycles. The van der Waals surface area contributed by atoms with Gasteiger partial charge in [-0.15, -0.1) is 0 Å². The van der Waals surface area contributed by atoms with Crippen LogP contribution in [0, 0.1) is 18.8 Å². The van der Waals surface area contributed by atoms with Gasteiger partial charge in [-0.3, -0.25) is 24.5 Å². The average Bonchev–Trinajstić information content (AvgIpc) is 3.31. The SMILES string of the molecule is Cc1cccc(N2C(=O)[C@@H]3[C@H](CCC(=O)O)N[C@]4(C(=O)Nc5ccccc54)[C@@H]3C2=O)c1. The molecule has 4 atom stereocenters. The minimum absolute atomic E-state index is 0.133. The summed E-state index contributed by atoms with van der Waals surface area (Å²) in [5, 5.41) is 15.2. The van der Waals surface area contributed by atoms with Crippen molar-refractivity contribution in [1.29, 1.82) is 0 Å². The van der Waals surface area contributed by atoms with Crippen LogP contribution < -0.4 is 15.5 Å². The van der Waals surface area contributed by atoms with E-state index >= 15 is 0 Å². The smallest absolute Gasteiger partial charge is 0.303 e. The Kier molecular flexibility index (Phi) is 4.23. The average molecular weight is 419 g/mol. The number of hydrogen-bond donors (Lipinski definition) is 3. The number of benzene rings is 2. The van der Waals surface area contributed by atoms with E-state index in [2.05, 4.69) is 10.6 Å². The van der Waals surface area contributed by atoms with Crippen molar-refractivity contribution in [3.05, 3.63) is 59.7 Å². The molecular formula is C23H21N3O5. The van der Waals surface area contributed by atoms with Crippen molar-refractivity contribution < 1.29 is 24.3 Å². The number of amides is 3. The van der Waals surface area contributed by atoms with Gasteiger partial charge in [0.25, 0.3) is 0 Å². The predicted molar refractivity (Wildman–Crippen MR) is 111 cm³/mol. The number of carbonyl (C=O) groups is 4. The van der Waals surface area contributed by atoms with E-state index in [-0.39, 0.29) is 12.8 Å². The Balaban J connectivity index is 1.65. The molecular weight excluding hydrogens is 398 g/mol. The molecule has 8 nitrogen and oxygen atoms in total. The molecule has 31 heavy (non-hydrogen) atoms. The van der Waals surface area contributed by atoms with Crippen molar-refractivity contribution in [2.24, 2.45) is 11.8 Å². The van der Waals surface area contributed by atoms with Crippen LogP contribution in [-0.4, -0.2) is 34.8 Å². The van der Waals surface area contributed by atoms with Gasteiger partial charge in [-0.2, -0.15) is 0 Å². The minimum atomic E-state index is -1.41. The Bertz CT molecular complexity index is 1150. The summed E-state index contributed by atoms with van der Waals surface area (Å²) in [6.07, 6.45) is -0.0411. The Morgan fingerprint density at radius 2 is 1.87 bits per heavy atom. The summed E-state index contributed by atoms with van der Waals surface area (Å²) >= 11 is 0. The lowest BCUT2D eigenvalue weighted by Crippen LogP contribution is -2.53. The number of nitrogens with one attached hydrogen (secondary N) is 2. The zero-order valence-electron chi connectivity index (χ0n) is 16.8. The van der Waals surface area contributed by atoms with Crippen LogP contribution in [0.4, 0.5) is 11.4 Å². The molecule has 0 aliphatic carbocycles. The van der Waals surface area contributed by atoms with Crippen LogP contribution in [0.25, 0.3) is 0 Å². The fraction of sp³-hybridized carbons (Fsp3) is 0.304. The minimum Gasteiger partial charge on any atom is -0.481 e. The number of anilines is 2. The molecule has 2 saturated heterocycles. The summed E-state index contributed by atoms with van der Waals surface area (Å²) in [6.45, 7) is 1.87. The number of aryl methyl sites for hydroxylation is 1. The van der Waals surface area contributed by atoms with E-state index in [0.29, 0.717) is 16.9 Å². The third-order valence-electron chi connectivity index (χ3n) is 6.55. The second-order valence-electron chi connectivity index (χ2n) is 8.35. The van der Waals surface area contributed by atoms with E-state index in [1.807, 2.05) is 13.0 Å². The number of imide groups is 1. The highest BCUT2D eigenvalue weighted by molar-refractivity contribution is 6.25. The number of carboxylic acids is 1.